The number of allylic oxidation sites excluding steroid dienone is 1. The Bertz CT molecular complexity index is 3160. The van der Waals surface area contributed by atoms with Crippen molar-refractivity contribution < 1.29 is 46.9 Å². The summed E-state index contributed by atoms with van der Waals surface area (Å²) in [5.41, 5.74) is 9.53. The number of anilines is 3. The van der Waals surface area contributed by atoms with Crippen LogP contribution in [0.1, 0.15) is 136 Å². The molecule has 2 aromatic carbocycles. The molecule has 2 unspecified atom stereocenters. The number of rotatable bonds is 13. The van der Waals surface area contributed by atoms with Crippen LogP contribution in [0.2, 0.25) is 0 Å². The minimum atomic E-state index is -1.37. The van der Waals surface area contributed by atoms with Gasteiger partial charge in [-0.25, -0.2) is 28.1 Å². The largest absolute Gasteiger partial charge is 0.467 e. The van der Waals surface area contributed by atoms with Crippen molar-refractivity contribution in [1.82, 2.24) is 40.4 Å². The number of hydrogen-bond acceptors (Lipinski definition) is 15. The molecule has 0 radical (unpaired) electrons. The zero-order valence-corrected chi connectivity index (χ0v) is 50.0. The number of fused-ring (bicyclic) bond motifs is 3. The quantitative estimate of drug-likeness (QED) is 0.108. The van der Waals surface area contributed by atoms with Gasteiger partial charge in [0.15, 0.2) is 12.6 Å². The zero-order valence-electron chi connectivity index (χ0n) is 50.0. The molecule has 1 saturated carbocycles. The van der Waals surface area contributed by atoms with Gasteiger partial charge in [-0.3, -0.25) is 25.9 Å². The predicted octanol–water partition coefficient (Wildman–Crippen LogP) is 10.5. The number of urea groups is 1. The molecule has 5 amide bonds. The van der Waals surface area contributed by atoms with E-state index in [0.29, 0.717) is 86.7 Å². The summed E-state index contributed by atoms with van der Waals surface area (Å²) in [5, 5.41) is 3.47. The van der Waals surface area contributed by atoms with Crippen LogP contribution in [0.4, 0.5) is 40.2 Å². The van der Waals surface area contributed by atoms with Crippen molar-refractivity contribution in [2.24, 2.45) is 5.41 Å². The number of hydrazine groups is 1. The number of methoxy groups -OCH3 is 1. The van der Waals surface area contributed by atoms with Gasteiger partial charge in [0.1, 0.15) is 34.1 Å². The molecule has 2 bridgehead atoms. The summed E-state index contributed by atoms with van der Waals surface area (Å²) < 4.78 is 58.3. The number of para-hydroxylation sites is 1. The molecule has 11 rings (SSSR count). The van der Waals surface area contributed by atoms with Crippen LogP contribution in [0, 0.1) is 11.2 Å². The summed E-state index contributed by atoms with van der Waals surface area (Å²) in [6.45, 7) is 16.9. The zero-order chi connectivity index (χ0) is 59.3. The van der Waals surface area contributed by atoms with Gasteiger partial charge in [-0.05, 0) is 166 Å². The number of carbonyl (C=O) groups is 4. The number of amides is 5. The number of alkyl halides is 1. The molecule has 1 aliphatic carbocycles. The van der Waals surface area contributed by atoms with Gasteiger partial charge in [-0.2, -0.15) is 4.90 Å². The summed E-state index contributed by atoms with van der Waals surface area (Å²) in [7, 11) is 1.55. The van der Waals surface area contributed by atoms with E-state index in [1.165, 1.54) is 5.56 Å². The Hall–Kier alpha value is -7.13. The van der Waals surface area contributed by atoms with E-state index < -0.39 is 35.1 Å². The number of pyridine rings is 1. The van der Waals surface area contributed by atoms with Crippen molar-refractivity contribution in [2.45, 2.75) is 161 Å². The molecular weight excluding hydrogens is 1080 g/mol. The molecule has 2 aromatic heterocycles. The first-order chi connectivity index (χ1) is 40.1. The lowest BCUT2D eigenvalue weighted by atomic mass is 9.67. The molecular formula is C63H83F2N11O8. The number of carbonyl (C=O) groups excluding carboxylic acids is 4. The number of benzene rings is 2. The second-order valence-corrected chi connectivity index (χ2v) is 26.1. The van der Waals surface area contributed by atoms with Crippen molar-refractivity contribution >= 4 is 57.9 Å². The third-order valence-electron chi connectivity index (χ3n) is 18.1. The molecule has 1 spiro atoms. The van der Waals surface area contributed by atoms with Gasteiger partial charge in [-0.1, -0.05) is 19.1 Å². The number of piperazine rings is 1. The lowest BCUT2D eigenvalue weighted by molar-refractivity contribution is -0.120. The molecule has 4 aromatic rings. The van der Waals surface area contributed by atoms with Crippen molar-refractivity contribution in [3.05, 3.63) is 95.5 Å². The van der Waals surface area contributed by atoms with Gasteiger partial charge in [-0.15, -0.1) is 0 Å². The Labute approximate surface area is 491 Å². The molecule has 6 fully saturated rings. The number of piperidine rings is 2. The highest BCUT2D eigenvalue weighted by atomic mass is 19.1. The fraction of sp³-hybridized carbons (Fsp3) is 0.571. The minimum Gasteiger partial charge on any atom is -0.467 e. The summed E-state index contributed by atoms with van der Waals surface area (Å²) in [5.74, 6) is 0.114. The molecule has 19 nitrogen and oxygen atoms in total. The van der Waals surface area contributed by atoms with Crippen LogP contribution in [-0.2, 0) is 25.4 Å². The standard InChI is InChI=1S/C63H83F2N11O8/c1-9-41-36-74(55-48(41)32-46(35-66-55)73-27-20-54(77)67-57(73)78)42-18-21-62(22-19-42)23-28-70(29-24-62)39-63(65)25-30-71(31-26-63)51-33-43(16-17-49(51)64)75-44-14-15-45(75)38-72(37-44)52-34-50(47-12-10-11-13-53(47)82-40-81-8)68-69-56(52)76(58(79)83-60(2,3)4)59(80)84-61(5,6)7/h10-13,16-17,32-36,42,44-45,68-69H,9,14-15,18-31,37-40H2,1-8H3,(H,67,77,78). The average Bonchev–Trinajstić information content (AvgIpc) is 3.96. The number of aryl methyl sites for hydroxylation is 1. The summed E-state index contributed by atoms with van der Waals surface area (Å²) >= 11 is 0. The summed E-state index contributed by atoms with van der Waals surface area (Å²) in [6, 6.07) is 14.8. The highest BCUT2D eigenvalue weighted by Gasteiger charge is 2.46. The van der Waals surface area contributed by atoms with Crippen LogP contribution in [0.3, 0.4) is 0 Å². The SMILES string of the molecule is CCc1cn(C2CCC3(CC2)CCN(CC2(F)CCN(c4cc(N5C6CCC5CN(C5=C(N(C(=O)OC(C)(C)C)C(=O)OC(C)(C)C)NNC(c7ccccc7OCOC)=C5)C6)ccc4F)CC2)CC3)c2ncc(N3CCC(=O)NC3=O)cc12. The van der Waals surface area contributed by atoms with Crippen LogP contribution >= 0.6 is 0 Å². The van der Waals surface area contributed by atoms with E-state index in [1.807, 2.05) is 53.4 Å². The third kappa shape index (κ3) is 12.4. The Morgan fingerprint density at radius 1 is 0.798 bits per heavy atom. The van der Waals surface area contributed by atoms with Crippen LogP contribution in [0.5, 0.6) is 5.75 Å². The van der Waals surface area contributed by atoms with E-state index in [-0.39, 0.29) is 48.3 Å². The molecule has 21 heteroatoms. The van der Waals surface area contributed by atoms with E-state index in [1.54, 1.807) is 65.8 Å². The maximum Gasteiger partial charge on any atom is 0.425 e. The molecule has 7 aliphatic rings. The first kappa shape index (κ1) is 58.6. The number of hydrogen-bond donors (Lipinski definition) is 3. The summed E-state index contributed by atoms with van der Waals surface area (Å²) in [6.07, 6.45) is 14.0. The van der Waals surface area contributed by atoms with Crippen LogP contribution in [0.25, 0.3) is 16.7 Å². The highest BCUT2D eigenvalue weighted by Crippen LogP contribution is 2.49. The Morgan fingerprint density at radius 3 is 2.12 bits per heavy atom. The Morgan fingerprint density at radius 2 is 1.48 bits per heavy atom. The van der Waals surface area contributed by atoms with Crippen LogP contribution in [0.15, 0.2) is 78.5 Å². The van der Waals surface area contributed by atoms with Crippen molar-refractivity contribution in [3.63, 3.8) is 0 Å². The maximum absolute atomic E-state index is 17.0. The topological polar surface area (TPSA) is 179 Å². The third-order valence-corrected chi connectivity index (χ3v) is 18.1. The van der Waals surface area contributed by atoms with Gasteiger partial charge >= 0.3 is 18.2 Å². The van der Waals surface area contributed by atoms with E-state index in [0.717, 1.165) is 98.1 Å². The van der Waals surface area contributed by atoms with Gasteiger partial charge in [0.2, 0.25) is 5.91 Å². The van der Waals surface area contributed by atoms with Gasteiger partial charge in [0.05, 0.1) is 29.0 Å². The molecule has 3 N–H and O–H groups in total. The molecule has 2 atom stereocenters. The summed E-state index contributed by atoms with van der Waals surface area (Å²) in [4.78, 5) is 69.1. The average molecular weight is 1160 g/mol. The number of halogens is 2. The smallest absolute Gasteiger partial charge is 0.425 e. The fourth-order valence-corrected chi connectivity index (χ4v) is 13.8. The van der Waals surface area contributed by atoms with E-state index in [2.05, 4.69) is 48.6 Å². The molecule has 452 valence electrons. The highest BCUT2D eigenvalue weighted by molar-refractivity contribution is 6.06. The number of nitrogens with one attached hydrogen (secondary N) is 3. The number of likely N-dealkylation sites (tertiary alicyclic amines) is 2. The van der Waals surface area contributed by atoms with E-state index >= 15 is 8.78 Å². The lowest BCUT2D eigenvalue weighted by Crippen LogP contribution is -2.56. The first-order valence-electron chi connectivity index (χ1n) is 30.1. The Kier molecular flexibility index (Phi) is 16.3. The first-order valence-corrected chi connectivity index (χ1v) is 30.1. The van der Waals surface area contributed by atoms with Crippen LogP contribution in [-0.4, -0.2) is 144 Å². The Balaban J connectivity index is 0.736. The number of ether oxygens (including phenoxy) is 4. The molecule has 5 saturated heterocycles. The monoisotopic (exact) mass is 1160 g/mol. The van der Waals surface area contributed by atoms with Gasteiger partial charge < -0.3 is 43.1 Å². The van der Waals surface area contributed by atoms with Crippen molar-refractivity contribution in [2.75, 3.05) is 81.0 Å². The second-order valence-electron chi connectivity index (χ2n) is 26.1. The fourth-order valence-electron chi connectivity index (χ4n) is 13.8. The van der Waals surface area contributed by atoms with Crippen molar-refractivity contribution in [3.8, 4) is 5.75 Å². The normalized spacial score (nSPS) is 22.2. The van der Waals surface area contributed by atoms with Crippen molar-refractivity contribution in [1.29, 1.82) is 0 Å². The van der Waals surface area contributed by atoms with Gasteiger partial charge in [0.25, 0.3) is 0 Å². The number of nitrogens with zero attached hydrogens (tertiary/aromatic N) is 8. The van der Waals surface area contributed by atoms with Crippen LogP contribution < -0.4 is 35.6 Å². The minimum absolute atomic E-state index is 0.0107. The van der Waals surface area contributed by atoms with E-state index in [9.17, 15) is 19.2 Å². The lowest BCUT2D eigenvalue weighted by Gasteiger charge is -2.48. The van der Waals surface area contributed by atoms with E-state index in [4.69, 9.17) is 23.9 Å². The maximum atomic E-state index is 17.0. The molecule has 6 aliphatic heterocycles. The molecule has 8 heterocycles. The second kappa shape index (κ2) is 23.4. The molecule has 84 heavy (non-hydrogen) atoms. The number of imide groups is 2. The van der Waals surface area contributed by atoms with Gasteiger partial charge in [0, 0.05) is 107 Å². The predicted molar refractivity (Wildman–Crippen MR) is 317 cm³/mol. The number of aromatic nitrogens is 2.